The monoisotopic (exact) mass is 610 g/mol. The van der Waals surface area contributed by atoms with E-state index >= 15 is 0 Å². The third-order valence-electron chi connectivity index (χ3n) is 9.89. The van der Waals surface area contributed by atoms with E-state index in [1.165, 1.54) is 82.8 Å². The van der Waals surface area contributed by atoms with Crippen molar-refractivity contribution in [3.05, 3.63) is 176 Å². The summed E-state index contributed by atoms with van der Waals surface area (Å²) in [6, 6.07) is 63.9. The highest BCUT2D eigenvalue weighted by Gasteiger charge is 2.26. The SMILES string of the molecule is c1ccc(Nc2ccccc2-c2cccc(-c3cc4c5c(c3)c3c6ccccc6ccc3n5-c3ccccc3-c3ccccc3-4)c2)cc1. The van der Waals surface area contributed by atoms with Crippen molar-refractivity contribution in [2.45, 2.75) is 0 Å². The van der Waals surface area contributed by atoms with E-state index in [9.17, 15) is 0 Å². The highest BCUT2D eigenvalue weighted by Crippen LogP contribution is 2.49. The van der Waals surface area contributed by atoms with E-state index in [0.29, 0.717) is 0 Å². The van der Waals surface area contributed by atoms with Crippen molar-refractivity contribution in [2.75, 3.05) is 5.32 Å². The Kier molecular flexibility index (Phi) is 5.91. The van der Waals surface area contributed by atoms with E-state index in [4.69, 9.17) is 0 Å². The molecule has 2 heterocycles. The predicted octanol–water partition coefficient (Wildman–Crippen LogP) is 12.7. The summed E-state index contributed by atoms with van der Waals surface area (Å²) in [6.07, 6.45) is 0. The Hall–Kier alpha value is -6.38. The topological polar surface area (TPSA) is 17.0 Å². The van der Waals surface area contributed by atoms with Crippen molar-refractivity contribution in [2.24, 2.45) is 0 Å². The van der Waals surface area contributed by atoms with Gasteiger partial charge >= 0.3 is 0 Å². The van der Waals surface area contributed by atoms with Crippen LogP contribution >= 0.6 is 0 Å². The largest absolute Gasteiger partial charge is 0.355 e. The van der Waals surface area contributed by atoms with Gasteiger partial charge in [0.15, 0.2) is 0 Å². The van der Waals surface area contributed by atoms with E-state index in [1.807, 2.05) is 6.07 Å². The number of anilines is 2. The Bertz CT molecular complexity index is 2700. The molecular formula is C46H30N2. The molecule has 0 fully saturated rings. The summed E-state index contributed by atoms with van der Waals surface area (Å²) in [5.74, 6) is 0. The van der Waals surface area contributed by atoms with Crippen molar-refractivity contribution in [1.82, 2.24) is 4.57 Å². The van der Waals surface area contributed by atoms with Crippen LogP contribution in [-0.2, 0) is 0 Å². The number of para-hydroxylation sites is 3. The molecule has 2 heteroatoms. The summed E-state index contributed by atoms with van der Waals surface area (Å²) in [7, 11) is 0. The number of hydrogen-bond donors (Lipinski definition) is 1. The minimum atomic E-state index is 1.07. The zero-order valence-corrected chi connectivity index (χ0v) is 26.2. The molecular weight excluding hydrogens is 581 g/mol. The van der Waals surface area contributed by atoms with Gasteiger partial charge in [-0.05, 0) is 87.1 Å². The summed E-state index contributed by atoms with van der Waals surface area (Å²) in [6.45, 7) is 0. The van der Waals surface area contributed by atoms with E-state index < -0.39 is 0 Å². The first kappa shape index (κ1) is 26.8. The van der Waals surface area contributed by atoms with Gasteiger partial charge in [-0.1, -0.05) is 127 Å². The van der Waals surface area contributed by atoms with E-state index in [2.05, 4.69) is 180 Å². The van der Waals surface area contributed by atoms with E-state index in [-0.39, 0.29) is 0 Å². The first-order valence-electron chi connectivity index (χ1n) is 16.5. The van der Waals surface area contributed by atoms with Crippen LogP contribution in [0.4, 0.5) is 11.4 Å². The van der Waals surface area contributed by atoms with Crippen LogP contribution in [0, 0.1) is 0 Å². The fraction of sp³-hybridized carbons (Fsp3) is 0. The van der Waals surface area contributed by atoms with Crippen LogP contribution in [0.1, 0.15) is 0 Å². The molecule has 0 saturated heterocycles. The average molecular weight is 611 g/mol. The molecule has 10 rings (SSSR count). The van der Waals surface area contributed by atoms with Gasteiger partial charge in [0.25, 0.3) is 0 Å². The molecule has 8 aromatic carbocycles. The lowest BCUT2D eigenvalue weighted by molar-refractivity contribution is 1.19. The normalized spacial score (nSPS) is 11.8. The van der Waals surface area contributed by atoms with Crippen molar-refractivity contribution in [3.63, 3.8) is 0 Å². The lowest BCUT2D eigenvalue weighted by atomic mass is 9.90. The molecule has 1 aliphatic heterocycles. The van der Waals surface area contributed by atoms with Crippen LogP contribution in [0.2, 0.25) is 0 Å². The lowest BCUT2D eigenvalue weighted by Crippen LogP contribution is -1.95. The summed E-state index contributed by atoms with van der Waals surface area (Å²) in [4.78, 5) is 0. The van der Waals surface area contributed by atoms with Gasteiger partial charge in [0.05, 0.1) is 16.7 Å². The summed E-state index contributed by atoms with van der Waals surface area (Å²) < 4.78 is 2.51. The third kappa shape index (κ3) is 4.06. The Labute approximate surface area is 279 Å². The second-order valence-corrected chi connectivity index (χ2v) is 12.6. The van der Waals surface area contributed by atoms with Gasteiger partial charge in [-0.15, -0.1) is 0 Å². The van der Waals surface area contributed by atoms with Crippen LogP contribution in [0.25, 0.3) is 82.8 Å². The highest BCUT2D eigenvalue weighted by atomic mass is 15.0. The van der Waals surface area contributed by atoms with Crippen molar-refractivity contribution in [1.29, 1.82) is 0 Å². The lowest BCUT2D eigenvalue weighted by Gasteiger charge is -2.14. The fourth-order valence-corrected chi connectivity index (χ4v) is 7.77. The molecule has 0 atom stereocenters. The number of benzene rings is 8. The second kappa shape index (κ2) is 10.6. The summed E-state index contributed by atoms with van der Waals surface area (Å²) in [5, 5.41) is 8.76. The second-order valence-electron chi connectivity index (χ2n) is 12.6. The Morgan fingerprint density at radius 3 is 1.96 bits per heavy atom. The number of nitrogens with zero attached hydrogens (tertiary/aromatic N) is 1. The number of nitrogens with one attached hydrogen (secondary N) is 1. The van der Waals surface area contributed by atoms with Gasteiger partial charge in [0.2, 0.25) is 0 Å². The summed E-state index contributed by atoms with van der Waals surface area (Å²) >= 11 is 0. The molecule has 9 aromatic rings. The minimum absolute atomic E-state index is 1.07. The number of hydrogen-bond acceptors (Lipinski definition) is 1. The van der Waals surface area contributed by atoms with Crippen LogP contribution in [0.15, 0.2) is 176 Å². The van der Waals surface area contributed by atoms with Crippen molar-refractivity contribution in [3.8, 4) is 50.2 Å². The van der Waals surface area contributed by atoms with Crippen LogP contribution in [0.5, 0.6) is 0 Å². The summed E-state index contributed by atoms with van der Waals surface area (Å²) in [5.41, 5.74) is 15.7. The maximum absolute atomic E-state index is 3.64. The van der Waals surface area contributed by atoms with Crippen molar-refractivity contribution >= 4 is 44.0 Å². The molecule has 0 aliphatic carbocycles. The molecule has 1 aromatic heterocycles. The first-order valence-corrected chi connectivity index (χ1v) is 16.5. The Morgan fingerprint density at radius 1 is 0.396 bits per heavy atom. The molecule has 2 nitrogen and oxygen atoms in total. The van der Waals surface area contributed by atoms with Gasteiger partial charge in [-0.25, -0.2) is 0 Å². The zero-order valence-electron chi connectivity index (χ0n) is 26.2. The van der Waals surface area contributed by atoms with Gasteiger partial charge in [-0.2, -0.15) is 0 Å². The standard InChI is InChI=1S/C46H30N2/c1-2-16-34(17-3-1)47-42-23-10-8-18-35(42)32-15-12-14-31(27-32)33-28-40-38-21-7-6-20-37(38)39-22-9-11-24-43(39)48-44-26-25-30-13-4-5-19-36(30)45(44)41(29-33)46(40)48/h1-29,47H. The number of aromatic nitrogens is 1. The molecule has 0 spiro atoms. The van der Waals surface area contributed by atoms with E-state index in [0.717, 1.165) is 11.4 Å². The molecule has 0 radical (unpaired) electrons. The number of fused-ring (bicyclic) bond motifs is 10. The van der Waals surface area contributed by atoms with Gasteiger partial charge in [0.1, 0.15) is 0 Å². The molecule has 224 valence electrons. The molecule has 48 heavy (non-hydrogen) atoms. The van der Waals surface area contributed by atoms with Gasteiger partial charge < -0.3 is 9.88 Å². The fourth-order valence-electron chi connectivity index (χ4n) is 7.77. The van der Waals surface area contributed by atoms with Gasteiger partial charge in [0, 0.05) is 38.8 Å². The first-order chi connectivity index (χ1) is 23.8. The Balaban J connectivity index is 1.26. The molecule has 1 aliphatic rings. The van der Waals surface area contributed by atoms with Crippen LogP contribution in [0.3, 0.4) is 0 Å². The molecule has 0 unspecified atom stereocenters. The predicted molar refractivity (Wildman–Crippen MR) is 203 cm³/mol. The quantitative estimate of drug-likeness (QED) is 0.210. The maximum Gasteiger partial charge on any atom is 0.0620 e. The minimum Gasteiger partial charge on any atom is -0.355 e. The Morgan fingerprint density at radius 2 is 1.08 bits per heavy atom. The van der Waals surface area contributed by atoms with Gasteiger partial charge in [-0.3, -0.25) is 0 Å². The number of rotatable bonds is 4. The van der Waals surface area contributed by atoms with Crippen LogP contribution < -0.4 is 5.32 Å². The molecule has 0 amide bonds. The third-order valence-corrected chi connectivity index (χ3v) is 9.89. The van der Waals surface area contributed by atoms with E-state index in [1.54, 1.807) is 0 Å². The molecule has 1 N–H and O–H groups in total. The average Bonchev–Trinajstić information content (AvgIpc) is 3.43. The molecule has 0 saturated carbocycles. The zero-order chi connectivity index (χ0) is 31.6. The maximum atomic E-state index is 3.64. The van der Waals surface area contributed by atoms with Crippen molar-refractivity contribution < 1.29 is 0 Å². The smallest absolute Gasteiger partial charge is 0.0620 e. The van der Waals surface area contributed by atoms with Crippen LogP contribution in [-0.4, -0.2) is 4.57 Å². The molecule has 0 bridgehead atoms. The highest BCUT2D eigenvalue weighted by molar-refractivity contribution is 6.25.